The Morgan fingerprint density at radius 1 is 1.12 bits per heavy atom. The van der Waals surface area contributed by atoms with Crippen LogP contribution < -0.4 is 5.73 Å². The highest BCUT2D eigenvalue weighted by Crippen LogP contribution is 2.25. The third-order valence-corrected chi connectivity index (χ3v) is 3.67. The molecule has 2 N–H and O–H groups in total. The Kier molecular flexibility index (Phi) is 3.79. The van der Waals surface area contributed by atoms with Crippen LogP contribution in [0.1, 0.15) is 22.7 Å². The average molecular weight is 341 g/mol. The first-order valence-electron chi connectivity index (χ1n) is 5.35. The molecule has 0 fully saturated rings. The lowest BCUT2D eigenvalue weighted by Gasteiger charge is -2.14. The Morgan fingerprint density at radius 2 is 1.76 bits per heavy atom. The lowest BCUT2D eigenvalue weighted by molar-refractivity contribution is 0.625. The molecule has 0 radical (unpaired) electrons. The third kappa shape index (κ3) is 2.84. The minimum atomic E-state index is -0.228. The van der Waals surface area contributed by atoms with Crippen LogP contribution in [0.3, 0.4) is 0 Å². The molecule has 0 aliphatic heterocycles. The van der Waals surface area contributed by atoms with Gasteiger partial charge in [0, 0.05) is 3.57 Å². The van der Waals surface area contributed by atoms with Crippen molar-refractivity contribution in [1.29, 1.82) is 0 Å². The molecule has 2 rings (SSSR count). The molecule has 3 heteroatoms. The number of rotatable bonds is 2. The van der Waals surface area contributed by atoms with Crippen LogP contribution in [0.4, 0.5) is 4.39 Å². The van der Waals surface area contributed by atoms with Gasteiger partial charge >= 0.3 is 0 Å². The average Bonchev–Trinajstić information content (AvgIpc) is 2.29. The van der Waals surface area contributed by atoms with Gasteiger partial charge in [-0.1, -0.05) is 35.9 Å². The fourth-order valence-electron chi connectivity index (χ4n) is 1.71. The van der Waals surface area contributed by atoms with Crippen molar-refractivity contribution >= 4 is 22.6 Å². The van der Waals surface area contributed by atoms with E-state index in [0.29, 0.717) is 0 Å². The smallest absolute Gasteiger partial charge is 0.124 e. The highest BCUT2D eigenvalue weighted by Gasteiger charge is 2.12. The van der Waals surface area contributed by atoms with Crippen LogP contribution in [0.15, 0.2) is 42.5 Å². The van der Waals surface area contributed by atoms with Crippen molar-refractivity contribution in [3.05, 3.63) is 68.5 Å². The van der Waals surface area contributed by atoms with Crippen LogP contribution >= 0.6 is 22.6 Å². The molecule has 0 bridgehead atoms. The van der Waals surface area contributed by atoms with Gasteiger partial charge in [-0.25, -0.2) is 4.39 Å². The van der Waals surface area contributed by atoms with Gasteiger partial charge in [0.15, 0.2) is 0 Å². The number of benzene rings is 2. The molecule has 0 amide bonds. The molecule has 88 valence electrons. The molecule has 0 spiro atoms. The Labute approximate surface area is 114 Å². The van der Waals surface area contributed by atoms with Gasteiger partial charge in [0.2, 0.25) is 0 Å². The predicted octanol–water partition coefficient (Wildman–Crippen LogP) is 3.79. The van der Waals surface area contributed by atoms with Crippen molar-refractivity contribution in [2.45, 2.75) is 13.0 Å². The number of hydrogen-bond acceptors (Lipinski definition) is 1. The quantitative estimate of drug-likeness (QED) is 0.827. The van der Waals surface area contributed by atoms with Gasteiger partial charge in [-0.05, 0) is 52.8 Å². The van der Waals surface area contributed by atoms with Crippen LogP contribution in [0.5, 0.6) is 0 Å². The largest absolute Gasteiger partial charge is 0.320 e. The first kappa shape index (κ1) is 12.5. The molecule has 17 heavy (non-hydrogen) atoms. The lowest BCUT2D eigenvalue weighted by atomic mass is 9.99. The summed E-state index contributed by atoms with van der Waals surface area (Å²) in [5.74, 6) is -0.228. The van der Waals surface area contributed by atoms with Gasteiger partial charge in [0.25, 0.3) is 0 Å². The Hall–Kier alpha value is -0.940. The summed E-state index contributed by atoms with van der Waals surface area (Å²) in [7, 11) is 0. The summed E-state index contributed by atoms with van der Waals surface area (Å²) in [4.78, 5) is 0. The first-order chi connectivity index (χ1) is 8.08. The van der Waals surface area contributed by atoms with Crippen LogP contribution in [0.25, 0.3) is 0 Å². The van der Waals surface area contributed by atoms with Crippen molar-refractivity contribution in [2.75, 3.05) is 0 Å². The third-order valence-electron chi connectivity index (χ3n) is 2.73. The summed E-state index contributed by atoms with van der Waals surface area (Å²) in [6.45, 7) is 2.04. The molecule has 2 aromatic carbocycles. The summed E-state index contributed by atoms with van der Waals surface area (Å²) in [5, 5.41) is 0. The minimum absolute atomic E-state index is 0.205. The topological polar surface area (TPSA) is 26.0 Å². The minimum Gasteiger partial charge on any atom is -0.320 e. The summed E-state index contributed by atoms with van der Waals surface area (Å²) in [6, 6.07) is 12.6. The van der Waals surface area contributed by atoms with E-state index in [1.165, 1.54) is 17.7 Å². The second-order valence-corrected chi connectivity index (χ2v) is 5.22. The maximum absolute atomic E-state index is 13.0. The summed E-state index contributed by atoms with van der Waals surface area (Å²) < 4.78 is 13.9. The predicted molar refractivity (Wildman–Crippen MR) is 76.3 cm³/mol. The molecule has 1 unspecified atom stereocenters. The van der Waals surface area contributed by atoms with E-state index in [2.05, 4.69) is 22.6 Å². The maximum Gasteiger partial charge on any atom is 0.124 e. The van der Waals surface area contributed by atoms with Crippen molar-refractivity contribution in [3.8, 4) is 0 Å². The fraction of sp³-hybridized carbons (Fsp3) is 0.143. The standard InChI is InChI=1S/C14H13FIN/c1-9-2-4-10(5-3-9)14(17)12-7-6-11(15)8-13(12)16/h2-8,14H,17H2,1H3. The summed E-state index contributed by atoms with van der Waals surface area (Å²) >= 11 is 2.11. The van der Waals surface area contributed by atoms with Crippen molar-refractivity contribution in [1.82, 2.24) is 0 Å². The van der Waals surface area contributed by atoms with Gasteiger partial charge in [-0.15, -0.1) is 0 Å². The number of nitrogens with two attached hydrogens (primary N) is 1. The molecule has 0 saturated carbocycles. The second-order valence-electron chi connectivity index (χ2n) is 4.05. The van der Waals surface area contributed by atoms with E-state index in [9.17, 15) is 4.39 Å². The summed E-state index contributed by atoms with van der Waals surface area (Å²) in [6.07, 6.45) is 0. The van der Waals surface area contributed by atoms with Crippen LogP contribution in [-0.4, -0.2) is 0 Å². The van der Waals surface area contributed by atoms with E-state index < -0.39 is 0 Å². The highest BCUT2D eigenvalue weighted by molar-refractivity contribution is 14.1. The summed E-state index contributed by atoms with van der Waals surface area (Å²) in [5.41, 5.74) is 9.39. The number of halogens is 2. The Morgan fingerprint density at radius 3 is 2.35 bits per heavy atom. The van der Waals surface area contributed by atoms with Gasteiger partial charge in [0.05, 0.1) is 6.04 Å². The lowest BCUT2D eigenvalue weighted by Crippen LogP contribution is -2.13. The van der Waals surface area contributed by atoms with Crippen molar-refractivity contribution in [2.24, 2.45) is 5.73 Å². The van der Waals surface area contributed by atoms with Crippen LogP contribution in [-0.2, 0) is 0 Å². The highest BCUT2D eigenvalue weighted by atomic mass is 127. The SMILES string of the molecule is Cc1ccc(C(N)c2ccc(F)cc2I)cc1. The van der Waals surface area contributed by atoms with Crippen LogP contribution in [0.2, 0.25) is 0 Å². The van der Waals surface area contributed by atoms with E-state index in [0.717, 1.165) is 14.7 Å². The molecular formula is C14H13FIN. The number of aryl methyl sites for hydroxylation is 1. The molecule has 0 aliphatic carbocycles. The van der Waals surface area contributed by atoms with Gasteiger partial charge in [-0.2, -0.15) is 0 Å². The molecule has 1 nitrogen and oxygen atoms in total. The first-order valence-corrected chi connectivity index (χ1v) is 6.43. The van der Waals surface area contributed by atoms with E-state index in [4.69, 9.17) is 5.73 Å². The van der Waals surface area contributed by atoms with Crippen molar-refractivity contribution in [3.63, 3.8) is 0 Å². The molecule has 2 aromatic rings. The van der Waals surface area contributed by atoms with E-state index in [1.54, 1.807) is 6.07 Å². The maximum atomic E-state index is 13.0. The second kappa shape index (κ2) is 5.14. The fourth-order valence-corrected chi connectivity index (χ4v) is 2.52. The normalized spacial score (nSPS) is 12.5. The molecule has 1 atom stereocenters. The van der Waals surface area contributed by atoms with Gasteiger partial charge < -0.3 is 5.73 Å². The zero-order chi connectivity index (χ0) is 12.4. The number of hydrogen-bond donors (Lipinski definition) is 1. The Bertz CT molecular complexity index is 522. The van der Waals surface area contributed by atoms with Gasteiger partial charge in [-0.3, -0.25) is 0 Å². The monoisotopic (exact) mass is 341 g/mol. The van der Waals surface area contributed by atoms with Gasteiger partial charge in [0.1, 0.15) is 5.82 Å². The zero-order valence-corrected chi connectivity index (χ0v) is 11.6. The van der Waals surface area contributed by atoms with Crippen LogP contribution in [0, 0.1) is 16.3 Å². The van der Waals surface area contributed by atoms with E-state index in [1.807, 2.05) is 31.2 Å². The molecule has 0 aliphatic rings. The molecule has 0 aromatic heterocycles. The molecule has 0 heterocycles. The van der Waals surface area contributed by atoms with Crippen molar-refractivity contribution < 1.29 is 4.39 Å². The molecular weight excluding hydrogens is 328 g/mol. The molecule has 0 saturated heterocycles. The van der Waals surface area contributed by atoms with E-state index >= 15 is 0 Å². The Balaban J connectivity index is 2.36. The van der Waals surface area contributed by atoms with E-state index in [-0.39, 0.29) is 11.9 Å². The zero-order valence-electron chi connectivity index (χ0n) is 9.45.